The standard InChI is InChI=1S/C8H10S.Na.H/c1-6-3-4-8(9)7(2)5-6;;/h3-5,9H,1-2H3;;/q;+1;-1. The molecule has 0 fully saturated rings. The summed E-state index contributed by atoms with van der Waals surface area (Å²) in [5.41, 5.74) is 2.55. The van der Waals surface area contributed by atoms with Gasteiger partial charge < -0.3 is 1.43 Å². The van der Waals surface area contributed by atoms with Crippen LogP contribution in [0.2, 0.25) is 0 Å². The van der Waals surface area contributed by atoms with Crippen LogP contribution in [0.4, 0.5) is 0 Å². The van der Waals surface area contributed by atoms with Crippen LogP contribution in [-0.2, 0) is 0 Å². The smallest absolute Gasteiger partial charge is 1.00 e. The molecule has 0 atom stereocenters. The van der Waals surface area contributed by atoms with Crippen LogP contribution >= 0.6 is 12.6 Å². The van der Waals surface area contributed by atoms with Gasteiger partial charge in [0, 0.05) is 4.90 Å². The Morgan fingerprint density at radius 1 is 1.30 bits per heavy atom. The van der Waals surface area contributed by atoms with E-state index in [9.17, 15) is 0 Å². The van der Waals surface area contributed by atoms with E-state index < -0.39 is 0 Å². The first-order chi connectivity index (χ1) is 4.20. The Morgan fingerprint density at radius 3 is 2.30 bits per heavy atom. The molecule has 0 N–H and O–H groups in total. The molecule has 10 heavy (non-hydrogen) atoms. The van der Waals surface area contributed by atoms with Crippen LogP contribution in [0.3, 0.4) is 0 Å². The molecule has 1 rings (SSSR count). The molecule has 0 saturated carbocycles. The van der Waals surface area contributed by atoms with Gasteiger partial charge in [0.15, 0.2) is 0 Å². The maximum Gasteiger partial charge on any atom is 1.00 e. The summed E-state index contributed by atoms with van der Waals surface area (Å²) in [7, 11) is 0. The summed E-state index contributed by atoms with van der Waals surface area (Å²) in [4.78, 5) is 1.07. The molecule has 0 aliphatic heterocycles. The van der Waals surface area contributed by atoms with Gasteiger partial charge in [0.25, 0.3) is 0 Å². The zero-order valence-corrected chi connectivity index (χ0v) is 9.57. The van der Waals surface area contributed by atoms with Crippen molar-refractivity contribution in [3.8, 4) is 0 Å². The first-order valence-electron chi connectivity index (χ1n) is 2.96. The van der Waals surface area contributed by atoms with Gasteiger partial charge in [-0.05, 0) is 25.5 Å². The van der Waals surface area contributed by atoms with E-state index in [1.54, 1.807) is 0 Å². The fraction of sp³-hybridized carbons (Fsp3) is 0.250. The Kier molecular flexibility index (Phi) is 4.70. The third-order valence-corrected chi connectivity index (χ3v) is 1.85. The van der Waals surface area contributed by atoms with Gasteiger partial charge in [0.2, 0.25) is 0 Å². The minimum atomic E-state index is 0. The maximum atomic E-state index is 4.25. The molecule has 0 radical (unpaired) electrons. The molecule has 2 heteroatoms. The average Bonchev–Trinajstić information content (AvgIpc) is 1.80. The van der Waals surface area contributed by atoms with E-state index in [2.05, 4.69) is 38.6 Å². The molecular weight excluding hydrogens is 151 g/mol. The van der Waals surface area contributed by atoms with E-state index in [1.807, 2.05) is 6.07 Å². The van der Waals surface area contributed by atoms with Gasteiger partial charge in [-0.15, -0.1) is 12.6 Å². The van der Waals surface area contributed by atoms with E-state index in [0.717, 1.165) is 4.90 Å². The molecule has 0 aliphatic rings. The first-order valence-corrected chi connectivity index (χ1v) is 3.41. The molecular formula is C8H11NaS. The summed E-state index contributed by atoms with van der Waals surface area (Å²) in [5.74, 6) is 0. The number of hydrogen-bond donors (Lipinski definition) is 1. The number of thiol groups is 1. The summed E-state index contributed by atoms with van der Waals surface area (Å²) in [6.45, 7) is 4.15. The minimum absolute atomic E-state index is 0. The Bertz CT molecular complexity index is 225. The number of rotatable bonds is 0. The Hall–Kier alpha value is 0.570. The van der Waals surface area contributed by atoms with Crippen molar-refractivity contribution in [2.24, 2.45) is 0 Å². The van der Waals surface area contributed by atoms with Crippen molar-refractivity contribution in [2.45, 2.75) is 18.7 Å². The van der Waals surface area contributed by atoms with E-state index in [-0.39, 0.29) is 31.0 Å². The summed E-state index contributed by atoms with van der Waals surface area (Å²) in [6.07, 6.45) is 0. The monoisotopic (exact) mass is 162 g/mol. The Morgan fingerprint density at radius 2 is 1.90 bits per heavy atom. The number of aryl methyl sites for hydroxylation is 2. The summed E-state index contributed by atoms with van der Waals surface area (Å²) in [5, 5.41) is 0. The molecule has 1 aromatic rings. The van der Waals surface area contributed by atoms with E-state index in [0.29, 0.717) is 0 Å². The summed E-state index contributed by atoms with van der Waals surface area (Å²) in [6, 6.07) is 6.21. The van der Waals surface area contributed by atoms with Crippen LogP contribution in [0.5, 0.6) is 0 Å². The predicted molar refractivity (Wildman–Crippen MR) is 44.3 cm³/mol. The van der Waals surface area contributed by atoms with Crippen LogP contribution in [-0.4, -0.2) is 0 Å². The summed E-state index contributed by atoms with van der Waals surface area (Å²) >= 11 is 4.25. The number of hydrogen-bond acceptors (Lipinski definition) is 1. The predicted octanol–water partition coefficient (Wildman–Crippen LogP) is -0.291. The van der Waals surface area contributed by atoms with Crippen LogP contribution in [0.15, 0.2) is 23.1 Å². The van der Waals surface area contributed by atoms with Gasteiger partial charge >= 0.3 is 29.6 Å². The maximum absolute atomic E-state index is 4.25. The normalized spacial score (nSPS) is 8.70. The zero-order valence-electron chi connectivity index (χ0n) is 7.68. The van der Waals surface area contributed by atoms with Crippen molar-refractivity contribution in [3.05, 3.63) is 29.3 Å². The molecule has 0 heterocycles. The average molecular weight is 162 g/mol. The van der Waals surface area contributed by atoms with Gasteiger partial charge in [0.1, 0.15) is 0 Å². The number of benzene rings is 1. The van der Waals surface area contributed by atoms with Crippen molar-refractivity contribution < 1.29 is 31.0 Å². The van der Waals surface area contributed by atoms with Gasteiger partial charge in [-0.2, -0.15) is 0 Å². The van der Waals surface area contributed by atoms with E-state index in [4.69, 9.17) is 0 Å². The molecule has 0 spiro atoms. The third-order valence-electron chi connectivity index (χ3n) is 1.35. The molecule has 0 unspecified atom stereocenters. The molecule has 1 aromatic carbocycles. The van der Waals surface area contributed by atoms with Gasteiger partial charge in [-0.25, -0.2) is 0 Å². The summed E-state index contributed by atoms with van der Waals surface area (Å²) < 4.78 is 0. The molecule has 0 amide bonds. The second-order valence-electron chi connectivity index (χ2n) is 2.29. The van der Waals surface area contributed by atoms with Crippen molar-refractivity contribution in [3.63, 3.8) is 0 Å². The van der Waals surface area contributed by atoms with Crippen LogP contribution < -0.4 is 29.6 Å². The molecule has 50 valence electrons. The van der Waals surface area contributed by atoms with E-state index in [1.165, 1.54) is 11.1 Å². The largest absolute Gasteiger partial charge is 1.00 e. The van der Waals surface area contributed by atoms with Crippen LogP contribution in [0, 0.1) is 13.8 Å². The second-order valence-corrected chi connectivity index (χ2v) is 2.77. The first kappa shape index (κ1) is 10.6. The van der Waals surface area contributed by atoms with Crippen molar-refractivity contribution >= 4 is 12.6 Å². The van der Waals surface area contributed by atoms with Gasteiger partial charge in [0.05, 0.1) is 0 Å². The van der Waals surface area contributed by atoms with Gasteiger partial charge in [-0.3, -0.25) is 0 Å². The second kappa shape index (κ2) is 4.45. The fourth-order valence-corrected chi connectivity index (χ4v) is 0.944. The molecule has 0 nitrogen and oxygen atoms in total. The van der Waals surface area contributed by atoms with Crippen LogP contribution in [0.1, 0.15) is 12.6 Å². The molecule has 0 saturated heterocycles. The SMILES string of the molecule is Cc1ccc(S)c(C)c1.[H-].[Na+]. The van der Waals surface area contributed by atoms with Gasteiger partial charge in [-0.1, -0.05) is 17.7 Å². The zero-order chi connectivity index (χ0) is 6.85. The molecule has 0 aromatic heterocycles. The Balaban J connectivity index is 0. The van der Waals surface area contributed by atoms with E-state index >= 15 is 0 Å². The fourth-order valence-electron chi connectivity index (χ4n) is 0.805. The van der Waals surface area contributed by atoms with Crippen molar-refractivity contribution in [1.29, 1.82) is 0 Å². The quantitative estimate of drug-likeness (QED) is 0.393. The van der Waals surface area contributed by atoms with Crippen LogP contribution in [0.25, 0.3) is 0 Å². The van der Waals surface area contributed by atoms with Crippen molar-refractivity contribution in [2.75, 3.05) is 0 Å². The Labute approximate surface area is 91.2 Å². The van der Waals surface area contributed by atoms with Crippen molar-refractivity contribution in [1.82, 2.24) is 0 Å². The third kappa shape index (κ3) is 2.67. The topological polar surface area (TPSA) is 0 Å². The minimum Gasteiger partial charge on any atom is -1.00 e. The molecule has 0 aliphatic carbocycles. The molecule has 0 bridgehead atoms.